The summed E-state index contributed by atoms with van der Waals surface area (Å²) >= 11 is 0. The van der Waals surface area contributed by atoms with Gasteiger partial charge in [0.15, 0.2) is 6.04 Å². The van der Waals surface area contributed by atoms with Crippen molar-refractivity contribution >= 4 is 18.3 Å². The van der Waals surface area contributed by atoms with E-state index in [1.54, 1.807) is 0 Å². The van der Waals surface area contributed by atoms with E-state index in [0.717, 1.165) is 0 Å². The zero-order valence-electron chi connectivity index (χ0n) is 11.7. The average Bonchev–Trinajstić information content (AvgIpc) is 2.91. The zero-order chi connectivity index (χ0) is 16.7. The number of aldehydes is 1. The first kappa shape index (κ1) is 17.5. The lowest BCUT2D eigenvalue weighted by atomic mass is 10.2. The Kier molecular flexibility index (Phi) is 6.41. The molecular formula is C11H17N5O6. The van der Waals surface area contributed by atoms with Gasteiger partial charge >= 0.3 is 12.0 Å². The highest BCUT2D eigenvalue weighted by Crippen LogP contribution is 2.10. The predicted molar refractivity (Wildman–Crippen MR) is 70.4 cm³/mol. The Labute approximate surface area is 124 Å². The van der Waals surface area contributed by atoms with Crippen LogP contribution in [0.25, 0.3) is 0 Å². The van der Waals surface area contributed by atoms with Gasteiger partial charge in [-0.3, -0.25) is 0 Å². The molecule has 11 nitrogen and oxygen atoms in total. The molecule has 0 bridgehead atoms. The smallest absolute Gasteiger partial charge is 0.328 e. The van der Waals surface area contributed by atoms with Crippen molar-refractivity contribution in [3.8, 4) is 0 Å². The summed E-state index contributed by atoms with van der Waals surface area (Å²) in [6.45, 7) is 1.07. The first-order chi connectivity index (χ1) is 10.3. The van der Waals surface area contributed by atoms with E-state index in [0.29, 0.717) is 6.29 Å². The number of nitrogens with zero attached hydrogens (tertiary/aromatic N) is 2. The van der Waals surface area contributed by atoms with Crippen LogP contribution in [0.5, 0.6) is 0 Å². The summed E-state index contributed by atoms with van der Waals surface area (Å²) in [6, 6.07) is -3.00. The van der Waals surface area contributed by atoms with Crippen molar-refractivity contribution in [2.24, 2.45) is 5.73 Å². The van der Waals surface area contributed by atoms with Gasteiger partial charge in [0.05, 0.1) is 18.7 Å². The van der Waals surface area contributed by atoms with Crippen LogP contribution in [0.15, 0.2) is 4.42 Å². The normalized spacial score (nSPS) is 14.7. The van der Waals surface area contributed by atoms with Crippen LogP contribution in [-0.4, -0.2) is 50.8 Å². The molecule has 3 atom stereocenters. The third-order valence-corrected chi connectivity index (χ3v) is 2.59. The molecule has 2 unspecified atom stereocenters. The van der Waals surface area contributed by atoms with Crippen LogP contribution in [0, 0.1) is 0 Å². The molecule has 0 spiro atoms. The maximum Gasteiger partial charge on any atom is 0.328 e. The number of urea groups is 1. The molecule has 1 aromatic heterocycles. The lowest BCUT2D eigenvalue weighted by Crippen LogP contribution is -2.51. The summed E-state index contributed by atoms with van der Waals surface area (Å²) in [6.07, 6.45) is -0.633. The van der Waals surface area contributed by atoms with Crippen molar-refractivity contribution in [1.29, 1.82) is 0 Å². The molecule has 0 radical (unpaired) electrons. The van der Waals surface area contributed by atoms with E-state index in [2.05, 4.69) is 20.8 Å². The quantitative estimate of drug-likeness (QED) is 0.349. The summed E-state index contributed by atoms with van der Waals surface area (Å²) in [7, 11) is 0. The number of carboxylic acids is 1. The molecule has 0 aliphatic heterocycles. The molecule has 0 saturated heterocycles. The topological polar surface area (TPSA) is 181 Å². The third kappa shape index (κ3) is 5.10. The van der Waals surface area contributed by atoms with Crippen molar-refractivity contribution in [2.75, 3.05) is 0 Å². The number of nitrogens with two attached hydrogens (primary N) is 1. The molecule has 122 valence electrons. The number of aliphatic hydroxyl groups is 1. The van der Waals surface area contributed by atoms with E-state index >= 15 is 0 Å². The monoisotopic (exact) mass is 315 g/mol. The summed E-state index contributed by atoms with van der Waals surface area (Å²) in [5.74, 6) is -1.28. The maximum absolute atomic E-state index is 11.5. The Hall–Kier alpha value is -2.53. The standard InChI is InChI=1S/C11H17N5O6/c1-5(18)8(10(19)20)14-11(21)13-4-7-15-16-9(22-7)6(12)2-3-17/h3,5-6,8,18H,2,4,12H2,1H3,(H,19,20)(H2,13,14,21)/t5?,6-,8?/m0/s1. The Morgan fingerprint density at radius 3 is 2.68 bits per heavy atom. The van der Waals surface area contributed by atoms with Crippen LogP contribution in [0.1, 0.15) is 31.2 Å². The highest BCUT2D eigenvalue weighted by Gasteiger charge is 2.25. The lowest BCUT2D eigenvalue weighted by molar-refractivity contribution is -0.141. The molecule has 1 heterocycles. The highest BCUT2D eigenvalue weighted by atomic mass is 16.4. The number of aliphatic hydroxyl groups excluding tert-OH is 1. The van der Waals surface area contributed by atoms with Crippen LogP contribution in [-0.2, 0) is 16.1 Å². The van der Waals surface area contributed by atoms with Gasteiger partial charge in [0, 0.05) is 6.42 Å². The summed E-state index contributed by atoms with van der Waals surface area (Å²) in [5.41, 5.74) is 5.59. The number of amides is 2. The first-order valence-corrected chi connectivity index (χ1v) is 6.31. The van der Waals surface area contributed by atoms with Gasteiger partial charge in [-0.1, -0.05) is 0 Å². The van der Waals surface area contributed by atoms with Gasteiger partial charge in [-0.25, -0.2) is 9.59 Å². The summed E-state index contributed by atoms with van der Waals surface area (Å²) in [4.78, 5) is 32.6. The van der Waals surface area contributed by atoms with Crippen molar-refractivity contribution in [1.82, 2.24) is 20.8 Å². The van der Waals surface area contributed by atoms with E-state index < -0.39 is 30.2 Å². The molecule has 1 aromatic rings. The Morgan fingerprint density at radius 1 is 1.45 bits per heavy atom. The predicted octanol–water partition coefficient (Wildman–Crippen LogP) is -1.71. The Morgan fingerprint density at radius 2 is 2.14 bits per heavy atom. The Bertz CT molecular complexity index is 531. The van der Waals surface area contributed by atoms with E-state index in [1.807, 2.05) is 0 Å². The second-order valence-corrected chi connectivity index (χ2v) is 4.43. The molecule has 0 fully saturated rings. The maximum atomic E-state index is 11.5. The van der Waals surface area contributed by atoms with Crippen molar-refractivity contribution in [3.05, 3.63) is 11.8 Å². The summed E-state index contributed by atoms with van der Waals surface area (Å²) < 4.78 is 5.13. The van der Waals surface area contributed by atoms with E-state index in [-0.39, 0.29) is 24.7 Å². The zero-order valence-corrected chi connectivity index (χ0v) is 11.7. The number of carboxylic acid groups (broad SMARTS) is 1. The second kappa shape index (κ2) is 8.05. The van der Waals surface area contributed by atoms with Crippen molar-refractivity contribution < 1.29 is 29.0 Å². The van der Waals surface area contributed by atoms with Gasteiger partial charge in [0.2, 0.25) is 11.8 Å². The van der Waals surface area contributed by atoms with E-state index in [9.17, 15) is 19.5 Å². The fraction of sp³-hybridized carbons (Fsp3) is 0.545. The number of carbonyl (C=O) groups is 3. The van der Waals surface area contributed by atoms with Crippen LogP contribution >= 0.6 is 0 Å². The van der Waals surface area contributed by atoms with E-state index in [1.165, 1.54) is 6.92 Å². The SMILES string of the molecule is CC(O)C(NC(=O)NCc1nnc([C@@H](N)CC=O)o1)C(=O)O. The third-order valence-electron chi connectivity index (χ3n) is 2.59. The second-order valence-electron chi connectivity index (χ2n) is 4.43. The minimum Gasteiger partial charge on any atom is -0.480 e. The van der Waals surface area contributed by atoms with E-state index in [4.69, 9.17) is 15.3 Å². The minimum absolute atomic E-state index is 0.0181. The molecule has 0 aliphatic rings. The van der Waals surface area contributed by atoms with Gasteiger partial charge in [-0.05, 0) is 6.92 Å². The molecule has 0 aliphatic carbocycles. The number of hydrogen-bond donors (Lipinski definition) is 5. The number of hydrogen-bond acceptors (Lipinski definition) is 8. The molecular weight excluding hydrogens is 298 g/mol. The van der Waals surface area contributed by atoms with Gasteiger partial charge in [-0.15, -0.1) is 10.2 Å². The molecule has 0 aromatic carbocycles. The molecule has 11 heteroatoms. The summed E-state index contributed by atoms with van der Waals surface area (Å²) in [5, 5.41) is 29.6. The van der Waals surface area contributed by atoms with Crippen LogP contribution in [0.4, 0.5) is 4.79 Å². The molecule has 1 rings (SSSR count). The fourth-order valence-corrected chi connectivity index (χ4v) is 1.43. The number of rotatable bonds is 8. The van der Waals surface area contributed by atoms with Gasteiger partial charge in [-0.2, -0.15) is 0 Å². The number of aromatic nitrogens is 2. The number of nitrogens with one attached hydrogen (secondary N) is 2. The number of aliphatic carboxylic acids is 1. The number of carbonyl (C=O) groups excluding carboxylic acids is 2. The molecule has 2 amide bonds. The largest absolute Gasteiger partial charge is 0.480 e. The lowest BCUT2D eigenvalue weighted by Gasteiger charge is -2.16. The van der Waals surface area contributed by atoms with Crippen LogP contribution < -0.4 is 16.4 Å². The van der Waals surface area contributed by atoms with Gasteiger partial charge in [0.1, 0.15) is 6.29 Å². The van der Waals surface area contributed by atoms with Crippen molar-refractivity contribution in [3.63, 3.8) is 0 Å². The first-order valence-electron chi connectivity index (χ1n) is 6.31. The van der Waals surface area contributed by atoms with Crippen molar-refractivity contribution in [2.45, 2.75) is 38.1 Å². The van der Waals surface area contributed by atoms with Gasteiger partial charge in [0.25, 0.3) is 0 Å². The van der Waals surface area contributed by atoms with Gasteiger partial charge < -0.3 is 35.8 Å². The Balaban J connectivity index is 2.50. The molecule has 0 saturated carbocycles. The van der Waals surface area contributed by atoms with Crippen LogP contribution in [0.2, 0.25) is 0 Å². The van der Waals surface area contributed by atoms with Crippen LogP contribution in [0.3, 0.4) is 0 Å². The fourth-order valence-electron chi connectivity index (χ4n) is 1.43. The minimum atomic E-state index is -1.45. The molecule has 6 N–H and O–H groups in total. The highest BCUT2D eigenvalue weighted by molar-refractivity contribution is 5.82. The molecule has 22 heavy (non-hydrogen) atoms. The average molecular weight is 315 g/mol.